The minimum absolute atomic E-state index is 0.169. The maximum absolute atomic E-state index is 13.8. The van der Waals surface area contributed by atoms with E-state index in [9.17, 15) is 45.6 Å². The Morgan fingerprint density at radius 3 is 2.35 bits per heavy atom. The van der Waals surface area contributed by atoms with Crippen LogP contribution in [0.1, 0.15) is 86.0 Å². The lowest BCUT2D eigenvalue weighted by Crippen LogP contribution is -2.63. The second-order valence-corrected chi connectivity index (χ2v) is 15.5. The van der Waals surface area contributed by atoms with Crippen molar-refractivity contribution in [2.24, 2.45) is 28.6 Å². The van der Waals surface area contributed by atoms with Crippen LogP contribution in [0.4, 0.5) is 0 Å². The summed E-state index contributed by atoms with van der Waals surface area (Å²) in [5.41, 5.74) is -4.73. The maximum Gasteiger partial charge on any atom is 0.186 e. The van der Waals surface area contributed by atoms with Gasteiger partial charge >= 0.3 is 0 Å². The third-order valence-electron chi connectivity index (χ3n) is 12.3. The first-order valence-electron chi connectivity index (χ1n) is 15.9. The summed E-state index contributed by atoms with van der Waals surface area (Å²) in [6, 6.07) is 0. The molecule has 1 heterocycles. The molecule has 0 aromatic rings. The highest BCUT2D eigenvalue weighted by molar-refractivity contribution is 5.95. The standard InChI is InChI=1S/C32H52O11/c1-28(2,39)9-8-24(36)31(5,40)23-7-11-32(41)17-12-19(33)18-13-22(43-27-26(38)25(37)21(35)15-42-27)20(34)14-29(18,3)16(17)6-10-30(23,32)4/h12,16,18,20-27,34-41H,6-11,13-15H2,1-5H3. The van der Waals surface area contributed by atoms with Gasteiger partial charge in [0.1, 0.15) is 18.3 Å². The monoisotopic (exact) mass is 612 g/mol. The van der Waals surface area contributed by atoms with Crippen molar-refractivity contribution in [3.05, 3.63) is 11.6 Å². The van der Waals surface area contributed by atoms with Crippen LogP contribution in [0.5, 0.6) is 0 Å². The Balaban J connectivity index is 1.38. The molecule has 11 heteroatoms. The predicted octanol–water partition coefficient (Wildman–Crippen LogP) is 0.317. The van der Waals surface area contributed by atoms with Crippen LogP contribution in [0, 0.1) is 28.6 Å². The highest BCUT2D eigenvalue weighted by Gasteiger charge is 2.69. The summed E-state index contributed by atoms with van der Waals surface area (Å²) in [6.45, 7) is 8.61. The van der Waals surface area contributed by atoms with Crippen molar-refractivity contribution in [1.29, 1.82) is 0 Å². The van der Waals surface area contributed by atoms with Gasteiger partial charge in [0.2, 0.25) is 0 Å². The Morgan fingerprint density at radius 2 is 1.70 bits per heavy atom. The molecule has 3 saturated carbocycles. The molecule has 14 atom stereocenters. The highest BCUT2D eigenvalue weighted by atomic mass is 16.7. The van der Waals surface area contributed by atoms with Gasteiger partial charge in [-0.1, -0.05) is 13.8 Å². The molecule has 5 aliphatic rings. The van der Waals surface area contributed by atoms with Crippen LogP contribution in [-0.2, 0) is 14.3 Å². The fraction of sp³-hybridized carbons (Fsp3) is 0.906. The number of ketones is 1. The Bertz CT molecular complexity index is 1100. The Labute approximate surface area is 253 Å². The molecule has 14 unspecified atom stereocenters. The van der Waals surface area contributed by atoms with Gasteiger partial charge in [0.05, 0.1) is 41.7 Å². The molecule has 1 saturated heterocycles. The van der Waals surface area contributed by atoms with Crippen LogP contribution < -0.4 is 0 Å². The van der Waals surface area contributed by atoms with Gasteiger partial charge in [-0.2, -0.15) is 0 Å². The second-order valence-electron chi connectivity index (χ2n) is 15.5. The molecule has 0 aromatic carbocycles. The fourth-order valence-electron chi connectivity index (χ4n) is 9.53. The average Bonchev–Trinajstić information content (AvgIpc) is 3.20. The number of rotatable bonds is 7. The van der Waals surface area contributed by atoms with Gasteiger partial charge in [0.15, 0.2) is 12.1 Å². The highest BCUT2D eigenvalue weighted by Crippen LogP contribution is 2.68. The summed E-state index contributed by atoms with van der Waals surface area (Å²) < 4.78 is 11.3. The minimum Gasteiger partial charge on any atom is -0.390 e. The molecule has 8 N–H and O–H groups in total. The Morgan fingerprint density at radius 1 is 1.02 bits per heavy atom. The third-order valence-corrected chi connectivity index (χ3v) is 12.3. The first-order chi connectivity index (χ1) is 19.8. The molecule has 0 bridgehead atoms. The van der Waals surface area contributed by atoms with Crippen LogP contribution in [0.25, 0.3) is 0 Å². The van der Waals surface area contributed by atoms with Gasteiger partial charge in [0.25, 0.3) is 0 Å². The number of allylic oxidation sites excluding steroid dienone is 1. The third kappa shape index (κ3) is 5.35. The van der Waals surface area contributed by atoms with E-state index < -0.39 is 82.4 Å². The number of aliphatic hydroxyl groups excluding tert-OH is 5. The lowest BCUT2D eigenvalue weighted by molar-refractivity contribution is -0.297. The van der Waals surface area contributed by atoms with E-state index in [1.165, 1.54) is 0 Å². The quantitative estimate of drug-likeness (QED) is 0.197. The maximum atomic E-state index is 13.8. The van der Waals surface area contributed by atoms with Crippen LogP contribution in [0.15, 0.2) is 11.6 Å². The number of ether oxygens (including phenoxy) is 2. The van der Waals surface area contributed by atoms with Crippen LogP contribution in [0.3, 0.4) is 0 Å². The molecule has 0 spiro atoms. The topological polar surface area (TPSA) is 197 Å². The van der Waals surface area contributed by atoms with E-state index in [0.29, 0.717) is 37.7 Å². The molecule has 4 fully saturated rings. The number of fused-ring (bicyclic) bond motifs is 5. The second kappa shape index (κ2) is 11.1. The molecule has 0 aromatic heterocycles. The normalized spacial score (nSPS) is 48.9. The Kier molecular flexibility index (Phi) is 8.59. The van der Waals surface area contributed by atoms with E-state index in [1.807, 2.05) is 13.8 Å². The van der Waals surface area contributed by atoms with Crippen molar-refractivity contribution in [3.8, 4) is 0 Å². The van der Waals surface area contributed by atoms with E-state index in [0.717, 1.165) is 0 Å². The zero-order valence-electron chi connectivity index (χ0n) is 26.0. The van der Waals surface area contributed by atoms with Gasteiger partial charge in [0, 0.05) is 11.3 Å². The van der Waals surface area contributed by atoms with Crippen LogP contribution in [-0.4, -0.2) is 113 Å². The lowest BCUT2D eigenvalue weighted by Gasteiger charge is -2.61. The number of aliphatic hydroxyl groups is 8. The molecule has 5 rings (SSSR count). The predicted molar refractivity (Wildman–Crippen MR) is 153 cm³/mol. The zero-order valence-corrected chi connectivity index (χ0v) is 26.0. The summed E-state index contributed by atoms with van der Waals surface area (Å²) in [6.07, 6.45) is -3.99. The van der Waals surface area contributed by atoms with E-state index in [1.54, 1.807) is 26.8 Å². The number of hydrogen-bond acceptors (Lipinski definition) is 11. The van der Waals surface area contributed by atoms with Crippen LogP contribution >= 0.6 is 0 Å². The van der Waals surface area contributed by atoms with Gasteiger partial charge in [-0.25, -0.2) is 0 Å². The molecule has 0 amide bonds. The first kappa shape index (κ1) is 33.4. The van der Waals surface area contributed by atoms with Crippen molar-refractivity contribution in [1.82, 2.24) is 0 Å². The summed E-state index contributed by atoms with van der Waals surface area (Å²) in [5.74, 6) is -1.33. The van der Waals surface area contributed by atoms with Gasteiger partial charge in [-0.3, -0.25) is 4.79 Å². The summed E-state index contributed by atoms with van der Waals surface area (Å²) >= 11 is 0. The zero-order chi connectivity index (χ0) is 31.9. The van der Waals surface area contributed by atoms with Gasteiger partial charge in [-0.15, -0.1) is 0 Å². The Hall–Kier alpha value is -0.990. The summed E-state index contributed by atoms with van der Waals surface area (Å²) in [5, 5.41) is 86.8. The van der Waals surface area contributed by atoms with E-state index >= 15 is 0 Å². The first-order valence-corrected chi connectivity index (χ1v) is 15.9. The SMILES string of the molecule is CC(C)(O)CCC(O)C(C)(O)C1CCC2(O)C3=CC(=O)C4CC(OC5OCC(O)C(O)C5O)C(O)CC4(C)C3CCC12C. The molecular weight excluding hydrogens is 560 g/mol. The molecule has 246 valence electrons. The van der Waals surface area contributed by atoms with Gasteiger partial charge in [-0.05, 0) is 101 Å². The van der Waals surface area contributed by atoms with Crippen molar-refractivity contribution >= 4 is 5.78 Å². The minimum atomic E-state index is -1.52. The largest absolute Gasteiger partial charge is 0.390 e. The van der Waals surface area contributed by atoms with Crippen LogP contribution in [0.2, 0.25) is 0 Å². The fourth-order valence-corrected chi connectivity index (χ4v) is 9.53. The van der Waals surface area contributed by atoms with Crippen molar-refractivity contribution in [2.45, 2.75) is 146 Å². The molecular formula is C32H52O11. The number of hydrogen-bond donors (Lipinski definition) is 8. The van der Waals surface area contributed by atoms with Crippen molar-refractivity contribution in [3.63, 3.8) is 0 Å². The van der Waals surface area contributed by atoms with E-state index in [4.69, 9.17) is 9.47 Å². The molecule has 0 radical (unpaired) electrons. The molecule has 1 aliphatic heterocycles. The molecule has 43 heavy (non-hydrogen) atoms. The van der Waals surface area contributed by atoms with E-state index in [2.05, 4.69) is 0 Å². The lowest BCUT2D eigenvalue weighted by atomic mass is 9.45. The smallest absolute Gasteiger partial charge is 0.186 e. The number of carbonyl (C=O) groups excluding carboxylic acids is 1. The van der Waals surface area contributed by atoms with E-state index in [-0.39, 0.29) is 37.6 Å². The number of carbonyl (C=O) groups is 1. The van der Waals surface area contributed by atoms with Crippen molar-refractivity contribution < 1.29 is 55.1 Å². The molecule has 11 nitrogen and oxygen atoms in total. The average molecular weight is 613 g/mol. The van der Waals surface area contributed by atoms with Gasteiger partial charge < -0.3 is 50.3 Å². The van der Waals surface area contributed by atoms with Crippen molar-refractivity contribution in [2.75, 3.05) is 6.61 Å². The summed E-state index contributed by atoms with van der Waals surface area (Å²) in [4.78, 5) is 13.8. The molecule has 4 aliphatic carbocycles. The summed E-state index contributed by atoms with van der Waals surface area (Å²) in [7, 11) is 0.